The summed E-state index contributed by atoms with van der Waals surface area (Å²) in [5.74, 6) is 0.158. The number of ether oxygens (including phenoxy) is 1. The Balaban J connectivity index is 2.24. The Morgan fingerprint density at radius 2 is 1.88 bits per heavy atom. The predicted molar refractivity (Wildman–Crippen MR) is 61.4 cm³/mol. The van der Waals surface area contributed by atoms with Gasteiger partial charge in [-0.15, -0.1) is 0 Å². The summed E-state index contributed by atoms with van der Waals surface area (Å²) in [5, 5.41) is 0.524. The van der Waals surface area contributed by atoms with Crippen molar-refractivity contribution < 1.29 is 4.74 Å². The fraction of sp³-hybridized carbons (Fsp3) is 0.100. The molecule has 0 bridgehead atoms. The third-order valence-corrected chi connectivity index (χ3v) is 2.62. The number of nitrogens with zero attached hydrogens (tertiary/aromatic N) is 3. The van der Waals surface area contributed by atoms with Crippen molar-refractivity contribution >= 4 is 17.7 Å². The molecule has 0 amide bonds. The van der Waals surface area contributed by atoms with Crippen LogP contribution in [0.2, 0.25) is 0 Å². The number of hydrogen-bond acceptors (Lipinski definition) is 6. The van der Waals surface area contributed by atoms with E-state index in [1.807, 2.05) is 30.3 Å². The lowest BCUT2D eigenvalue weighted by atomic mass is 10.4. The third-order valence-electron chi connectivity index (χ3n) is 1.75. The number of nitrogens with two attached hydrogens (primary N) is 1. The van der Waals surface area contributed by atoms with E-state index in [0.29, 0.717) is 5.16 Å². The molecule has 2 rings (SSSR count). The molecule has 0 aliphatic carbocycles. The number of aromatic nitrogens is 3. The third kappa shape index (κ3) is 2.60. The highest BCUT2D eigenvalue weighted by molar-refractivity contribution is 7.99. The fourth-order valence-electron chi connectivity index (χ4n) is 1.08. The van der Waals surface area contributed by atoms with Crippen molar-refractivity contribution in [3.63, 3.8) is 0 Å². The van der Waals surface area contributed by atoms with Gasteiger partial charge in [-0.3, -0.25) is 0 Å². The van der Waals surface area contributed by atoms with Gasteiger partial charge in [-0.25, -0.2) is 0 Å². The van der Waals surface area contributed by atoms with Crippen LogP contribution in [0.15, 0.2) is 40.4 Å². The summed E-state index contributed by atoms with van der Waals surface area (Å²) in [4.78, 5) is 13.0. The van der Waals surface area contributed by atoms with Crippen LogP contribution in [0.5, 0.6) is 6.01 Å². The average molecular weight is 234 g/mol. The van der Waals surface area contributed by atoms with Gasteiger partial charge in [-0.05, 0) is 23.9 Å². The lowest BCUT2D eigenvalue weighted by Gasteiger charge is -2.02. The molecule has 0 saturated heterocycles. The smallest absolute Gasteiger partial charge is 0.321 e. The minimum atomic E-state index is 0.158. The molecule has 0 fully saturated rings. The Labute approximate surface area is 97.1 Å². The number of anilines is 1. The molecule has 5 nitrogen and oxygen atoms in total. The molecule has 16 heavy (non-hydrogen) atoms. The van der Waals surface area contributed by atoms with Gasteiger partial charge in [-0.2, -0.15) is 15.0 Å². The van der Waals surface area contributed by atoms with Gasteiger partial charge in [0, 0.05) is 4.90 Å². The molecule has 1 aromatic heterocycles. The first-order valence-electron chi connectivity index (χ1n) is 4.56. The molecule has 6 heteroatoms. The van der Waals surface area contributed by atoms with E-state index in [0.717, 1.165) is 4.90 Å². The average Bonchev–Trinajstić information content (AvgIpc) is 2.29. The van der Waals surface area contributed by atoms with E-state index in [2.05, 4.69) is 15.0 Å². The summed E-state index contributed by atoms with van der Waals surface area (Å²) in [7, 11) is 1.49. The molecule has 1 aromatic carbocycles. The van der Waals surface area contributed by atoms with Crippen LogP contribution in [0.4, 0.5) is 5.95 Å². The van der Waals surface area contributed by atoms with E-state index >= 15 is 0 Å². The zero-order valence-corrected chi connectivity index (χ0v) is 9.44. The number of benzene rings is 1. The molecule has 0 spiro atoms. The van der Waals surface area contributed by atoms with E-state index in [-0.39, 0.29) is 12.0 Å². The van der Waals surface area contributed by atoms with Crippen LogP contribution >= 0.6 is 11.8 Å². The van der Waals surface area contributed by atoms with E-state index in [1.165, 1.54) is 18.9 Å². The zero-order chi connectivity index (χ0) is 11.4. The first-order valence-corrected chi connectivity index (χ1v) is 5.38. The molecular formula is C10H10N4OS. The summed E-state index contributed by atoms with van der Waals surface area (Å²) in [5.41, 5.74) is 5.53. The molecule has 2 aromatic rings. The maximum atomic E-state index is 5.53. The maximum absolute atomic E-state index is 5.53. The highest BCUT2D eigenvalue weighted by Crippen LogP contribution is 2.25. The van der Waals surface area contributed by atoms with Crippen LogP contribution in [0.25, 0.3) is 0 Å². The van der Waals surface area contributed by atoms with Crippen molar-refractivity contribution in [2.75, 3.05) is 12.8 Å². The van der Waals surface area contributed by atoms with Crippen LogP contribution in [0, 0.1) is 0 Å². The Morgan fingerprint density at radius 3 is 2.56 bits per heavy atom. The Hall–Kier alpha value is -1.82. The van der Waals surface area contributed by atoms with Crippen molar-refractivity contribution in [2.24, 2.45) is 0 Å². The maximum Gasteiger partial charge on any atom is 0.321 e. The normalized spacial score (nSPS) is 10.1. The Bertz CT molecular complexity index is 478. The monoisotopic (exact) mass is 234 g/mol. The first kappa shape index (κ1) is 10.7. The first-order chi connectivity index (χ1) is 7.78. The molecule has 0 atom stereocenters. The predicted octanol–water partition coefficient (Wildman–Crippen LogP) is 1.61. The molecule has 0 saturated carbocycles. The zero-order valence-electron chi connectivity index (χ0n) is 8.62. The van der Waals surface area contributed by atoms with Gasteiger partial charge in [0.05, 0.1) is 7.11 Å². The Kier molecular flexibility index (Phi) is 3.21. The molecule has 0 unspecified atom stereocenters. The molecule has 82 valence electrons. The van der Waals surface area contributed by atoms with E-state index in [4.69, 9.17) is 10.5 Å². The minimum absolute atomic E-state index is 0.158. The van der Waals surface area contributed by atoms with E-state index in [9.17, 15) is 0 Å². The lowest BCUT2D eigenvalue weighted by Crippen LogP contribution is -2.01. The van der Waals surface area contributed by atoms with Crippen LogP contribution in [0.3, 0.4) is 0 Å². The van der Waals surface area contributed by atoms with Crippen LogP contribution < -0.4 is 10.5 Å². The van der Waals surface area contributed by atoms with Gasteiger partial charge in [0.2, 0.25) is 11.1 Å². The van der Waals surface area contributed by atoms with Crippen molar-refractivity contribution in [3.05, 3.63) is 30.3 Å². The molecular weight excluding hydrogens is 224 g/mol. The minimum Gasteiger partial charge on any atom is -0.467 e. The van der Waals surface area contributed by atoms with Gasteiger partial charge in [-0.1, -0.05) is 18.2 Å². The second-order valence-electron chi connectivity index (χ2n) is 2.88. The van der Waals surface area contributed by atoms with E-state index < -0.39 is 0 Å². The van der Waals surface area contributed by atoms with E-state index in [1.54, 1.807) is 0 Å². The topological polar surface area (TPSA) is 73.9 Å². The standard InChI is InChI=1S/C10H10N4OS/c1-15-9-12-8(11)13-10(14-9)16-7-5-3-2-4-6-7/h2-6H,1H3,(H2,11,12,13,14). The van der Waals surface area contributed by atoms with Crippen molar-refractivity contribution in [3.8, 4) is 6.01 Å². The quantitative estimate of drug-likeness (QED) is 0.869. The summed E-state index contributed by atoms with van der Waals surface area (Å²) in [6.45, 7) is 0. The van der Waals surface area contributed by atoms with Gasteiger partial charge >= 0.3 is 6.01 Å². The van der Waals surface area contributed by atoms with Crippen LogP contribution in [-0.2, 0) is 0 Å². The number of rotatable bonds is 3. The highest BCUT2D eigenvalue weighted by Gasteiger charge is 2.05. The Morgan fingerprint density at radius 1 is 1.12 bits per heavy atom. The van der Waals surface area contributed by atoms with Crippen molar-refractivity contribution in [2.45, 2.75) is 10.1 Å². The van der Waals surface area contributed by atoms with Crippen molar-refractivity contribution in [1.29, 1.82) is 0 Å². The van der Waals surface area contributed by atoms with Gasteiger partial charge in [0.1, 0.15) is 0 Å². The number of nitrogen functional groups attached to an aromatic ring is 1. The van der Waals surface area contributed by atoms with Crippen LogP contribution in [0.1, 0.15) is 0 Å². The highest BCUT2D eigenvalue weighted by atomic mass is 32.2. The second-order valence-corrected chi connectivity index (χ2v) is 3.92. The van der Waals surface area contributed by atoms with Crippen molar-refractivity contribution in [1.82, 2.24) is 15.0 Å². The molecule has 0 aliphatic rings. The molecule has 1 heterocycles. The lowest BCUT2D eigenvalue weighted by molar-refractivity contribution is 0.374. The molecule has 0 radical (unpaired) electrons. The summed E-state index contributed by atoms with van der Waals surface area (Å²) in [6, 6.07) is 10.0. The number of hydrogen-bond donors (Lipinski definition) is 1. The summed E-state index contributed by atoms with van der Waals surface area (Å²) >= 11 is 1.41. The van der Waals surface area contributed by atoms with Gasteiger partial charge < -0.3 is 10.5 Å². The SMILES string of the molecule is COc1nc(N)nc(Sc2ccccc2)n1. The number of methoxy groups -OCH3 is 1. The fourth-order valence-corrected chi connectivity index (χ4v) is 1.85. The van der Waals surface area contributed by atoms with Gasteiger partial charge in [0.15, 0.2) is 0 Å². The van der Waals surface area contributed by atoms with Gasteiger partial charge in [0.25, 0.3) is 0 Å². The molecule has 0 aliphatic heterocycles. The second kappa shape index (κ2) is 4.80. The van der Waals surface area contributed by atoms with Crippen LogP contribution in [-0.4, -0.2) is 22.1 Å². The summed E-state index contributed by atoms with van der Waals surface area (Å²) < 4.78 is 4.92. The molecule has 2 N–H and O–H groups in total. The largest absolute Gasteiger partial charge is 0.467 e. The summed E-state index contributed by atoms with van der Waals surface area (Å²) in [6.07, 6.45) is 0.